The van der Waals surface area contributed by atoms with E-state index >= 15 is 0 Å². The molecule has 4 nitrogen and oxygen atoms in total. The molecule has 0 amide bonds. The van der Waals surface area contributed by atoms with E-state index in [1.807, 2.05) is 0 Å². The third kappa shape index (κ3) is 8.25. The first-order valence-electron chi connectivity index (χ1n) is 3.79. The molecule has 0 bridgehead atoms. The molecule has 0 saturated carbocycles. The van der Waals surface area contributed by atoms with E-state index < -0.39 is 0 Å². The number of ether oxygens (including phenoxy) is 2. The zero-order chi connectivity index (χ0) is 10.8. The molecular formula is C8H10Br2O4. The van der Waals surface area contributed by atoms with Crippen LogP contribution < -0.4 is 0 Å². The van der Waals surface area contributed by atoms with E-state index in [0.717, 1.165) is 0 Å². The third-order valence-corrected chi connectivity index (χ3v) is 1.98. The van der Waals surface area contributed by atoms with Crippen molar-refractivity contribution in [2.75, 3.05) is 23.9 Å². The molecule has 0 aliphatic heterocycles. The van der Waals surface area contributed by atoms with Gasteiger partial charge < -0.3 is 9.47 Å². The smallest absolute Gasteiger partial charge is 0.316 e. The lowest BCUT2D eigenvalue weighted by Crippen LogP contribution is -2.06. The van der Waals surface area contributed by atoms with E-state index in [-0.39, 0.29) is 35.8 Å². The summed E-state index contributed by atoms with van der Waals surface area (Å²) < 4.78 is 9.40. The zero-order valence-electron chi connectivity index (χ0n) is 7.37. The van der Waals surface area contributed by atoms with Crippen LogP contribution in [0, 0.1) is 0 Å². The van der Waals surface area contributed by atoms with Gasteiger partial charge in [-0.05, 0) is 12.2 Å². The minimum absolute atomic E-state index is 0.180. The minimum Gasteiger partial charge on any atom is -0.461 e. The summed E-state index contributed by atoms with van der Waals surface area (Å²) in [6.07, 6.45) is 3.23. The number of esters is 2. The molecule has 0 aromatic carbocycles. The van der Waals surface area contributed by atoms with Gasteiger partial charge in [0, 0.05) is 0 Å². The first-order chi connectivity index (χ1) is 6.70. The van der Waals surface area contributed by atoms with Crippen molar-refractivity contribution in [3.05, 3.63) is 12.2 Å². The van der Waals surface area contributed by atoms with Crippen LogP contribution in [0.2, 0.25) is 0 Å². The molecule has 0 aliphatic carbocycles. The van der Waals surface area contributed by atoms with Gasteiger partial charge in [0.1, 0.15) is 23.9 Å². The second kappa shape index (κ2) is 9.21. The molecule has 0 rings (SSSR count). The molecule has 14 heavy (non-hydrogen) atoms. The summed E-state index contributed by atoms with van der Waals surface area (Å²) >= 11 is 5.91. The van der Waals surface area contributed by atoms with Gasteiger partial charge in [-0.3, -0.25) is 9.59 Å². The average Bonchev–Trinajstić information content (AvgIpc) is 2.22. The standard InChI is InChI=1S/C8H10Br2O4/c9-5-7(11)13-3-1-2-4-14-8(12)6-10/h1-2H,3-6H2/b2-1+. The largest absolute Gasteiger partial charge is 0.461 e. The Morgan fingerprint density at radius 3 is 1.57 bits per heavy atom. The first kappa shape index (κ1) is 13.6. The first-order valence-corrected chi connectivity index (χ1v) is 6.03. The van der Waals surface area contributed by atoms with Gasteiger partial charge in [-0.15, -0.1) is 0 Å². The van der Waals surface area contributed by atoms with Crippen molar-refractivity contribution in [2.24, 2.45) is 0 Å². The van der Waals surface area contributed by atoms with Gasteiger partial charge in [0.05, 0.1) is 0 Å². The molecule has 0 saturated heterocycles. The van der Waals surface area contributed by atoms with Crippen LogP contribution in [0.1, 0.15) is 0 Å². The maximum Gasteiger partial charge on any atom is 0.316 e. The van der Waals surface area contributed by atoms with Crippen LogP contribution in [0.4, 0.5) is 0 Å². The fraction of sp³-hybridized carbons (Fsp3) is 0.500. The van der Waals surface area contributed by atoms with Crippen LogP contribution in [-0.4, -0.2) is 35.8 Å². The van der Waals surface area contributed by atoms with E-state index in [0.29, 0.717) is 0 Å². The molecule has 0 spiro atoms. The monoisotopic (exact) mass is 328 g/mol. The maximum atomic E-state index is 10.6. The van der Waals surface area contributed by atoms with Gasteiger partial charge in [-0.25, -0.2) is 0 Å². The summed E-state index contributed by atoms with van der Waals surface area (Å²) in [7, 11) is 0. The van der Waals surface area contributed by atoms with E-state index in [4.69, 9.17) is 9.47 Å². The fourth-order valence-electron chi connectivity index (χ4n) is 0.495. The van der Waals surface area contributed by atoms with Gasteiger partial charge in [0.25, 0.3) is 0 Å². The number of carbonyl (C=O) groups is 2. The van der Waals surface area contributed by atoms with Gasteiger partial charge >= 0.3 is 11.9 Å². The lowest BCUT2D eigenvalue weighted by atomic mass is 10.5. The van der Waals surface area contributed by atoms with Gasteiger partial charge in [-0.1, -0.05) is 31.9 Å². The Morgan fingerprint density at radius 2 is 1.29 bits per heavy atom. The summed E-state index contributed by atoms with van der Waals surface area (Å²) in [4.78, 5) is 21.2. The Bertz CT molecular complexity index is 193. The predicted octanol–water partition coefficient (Wildman–Crippen LogP) is 1.42. The number of halogens is 2. The van der Waals surface area contributed by atoms with Crippen molar-refractivity contribution in [3.63, 3.8) is 0 Å². The summed E-state index contributed by atoms with van der Waals surface area (Å²) in [5.41, 5.74) is 0. The molecule has 0 aromatic rings. The van der Waals surface area contributed by atoms with Crippen LogP contribution in [0.5, 0.6) is 0 Å². The topological polar surface area (TPSA) is 52.6 Å². The Balaban J connectivity index is 3.36. The second-order valence-corrected chi connectivity index (χ2v) is 3.23. The van der Waals surface area contributed by atoms with Crippen LogP contribution >= 0.6 is 31.9 Å². The minimum atomic E-state index is -0.327. The number of carbonyl (C=O) groups excluding carboxylic acids is 2. The van der Waals surface area contributed by atoms with E-state index in [2.05, 4.69) is 31.9 Å². The van der Waals surface area contributed by atoms with Crippen molar-refractivity contribution >= 4 is 43.8 Å². The molecule has 6 heteroatoms. The summed E-state index contributed by atoms with van der Waals surface area (Å²) in [6.45, 7) is 0.382. The van der Waals surface area contributed by atoms with Crippen molar-refractivity contribution in [1.29, 1.82) is 0 Å². The van der Waals surface area contributed by atoms with Crippen molar-refractivity contribution in [2.45, 2.75) is 0 Å². The van der Waals surface area contributed by atoms with Crippen molar-refractivity contribution in [3.8, 4) is 0 Å². The molecule has 0 aromatic heterocycles. The van der Waals surface area contributed by atoms with Crippen LogP contribution in [0.3, 0.4) is 0 Å². The fourth-order valence-corrected chi connectivity index (χ4v) is 0.819. The van der Waals surface area contributed by atoms with Crippen molar-refractivity contribution in [1.82, 2.24) is 0 Å². The molecule has 0 N–H and O–H groups in total. The highest BCUT2D eigenvalue weighted by atomic mass is 79.9. The number of rotatable bonds is 6. The third-order valence-electron chi connectivity index (χ3n) is 1.07. The summed E-state index contributed by atoms with van der Waals surface area (Å²) in [6, 6.07) is 0. The van der Waals surface area contributed by atoms with Gasteiger partial charge in [0.15, 0.2) is 0 Å². The Kier molecular flexibility index (Phi) is 8.97. The Labute approximate surface area is 98.9 Å². The predicted molar refractivity (Wildman–Crippen MR) is 58.6 cm³/mol. The van der Waals surface area contributed by atoms with E-state index in [1.165, 1.54) is 0 Å². The van der Waals surface area contributed by atoms with E-state index in [1.54, 1.807) is 12.2 Å². The number of hydrogen-bond donors (Lipinski definition) is 0. The molecular weight excluding hydrogens is 320 g/mol. The Hall–Kier alpha value is -0.360. The molecule has 0 fully saturated rings. The SMILES string of the molecule is O=C(CBr)OC/C=C/COC(=O)CBr. The quantitative estimate of drug-likeness (QED) is 0.420. The second-order valence-electron chi connectivity index (χ2n) is 2.10. The normalized spacial score (nSPS) is 10.1. The van der Waals surface area contributed by atoms with Crippen molar-refractivity contribution < 1.29 is 19.1 Å². The lowest BCUT2D eigenvalue weighted by molar-refractivity contribution is -0.140. The highest BCUT2D eigenvalue weighted by Gasteiger charge is 1.96. The number of hydrogen-bond acceptors (Lipinski definition) is 4. The lowest BCUT2D eigenvalue weighted by Gasteiger charge is -1.98. The highest BCUT2D eigenvalue weighted by molar-refractivity contribution is 9.09. The maximum absolute atomic E-state index is 10.6. The van der Waals surface area contributed by atoms with Crippen LogP contribution in [0.25, 0.3) is 0 Å². The Morgan fingerprint density at radius 1 is 0.929 bits per heavy atom. The molecule has 80 valence electrons. The summed E-state index contributed by atoms with van der Waals surface area (Å²) in [5.74, 6) is -0.654. The average molecular weight is 330 g/mol. The van der Waals surface area contributed by atoms with E-state index in [9.17, 15) is 9.59 Å². The van der Waals surface area contributed by atoms with Crippen LogP contribution in [0.15, 0.2) is 12.2 Å². The molecule has 0 radical (unpaired) electrons. The number of alkyl halides is 2. The van der Waals surface area contributed by atoms with Gasteiger partial charge in [0.2, 0.25) is 0 Å². The van der Waals surface area contributed by atoms with Gasteiger partial charge in [-0.2, -0.15) is 0 Å². The molecule has 0 aliphatic rings. The zero-order valence-corrected chi connectivity index (χ0v) is 10.5. The summed E-state index contributed by atoms with van der Waals surface area (Å²) in [5, 5.41) is 0.360. The highest BCUT2D eigenvalue weighted by Crippen LogP contribution is 1.88. The molecule has 0 unspecified atom stereocenters. The molecule has 0 heterocycles. The molecule has 0 atom stereocenters. The van der Waals surface area contributed by atoms with Crippen LogP contribution in [-0.2, 0) is 19.1 Å².